The number of rotatable bonds is 0. The molecule has 6 aliphatic heterocycles. The number of fused-ring (bicyclic) bond motifs is 5. The minimum atomic E-state index is -0.347. The monoisotopic (exact) mass is 468 g/mol. The molecular weight excluding hydrogens is 447 g/mol. The maximum Gasteiger partial charge on any atom is 0.416 e. The van der Waals surface area contributed by atoms with Crippen LogP contribution in [0.2, 0.25) is 0 Å². The summed E-state index contributed by atoms with van der Waals surface area (Å²) in [6.45, 7) is 0.350. The van der Waals surface area contributed by atoms with Crippen molar-refractivity contribution in [3.8, 4) is 11.3 Å². The largest absolute Gasteiger partial charge is 0.416 e. The molecule has 2 nitrogen and oxygen atoms in total. The van der Waals surface area contributed by atoms with Gasteiger partial charge in [-0.2, -0.15) is 0 Å². The van der Waals surface area contributed by atoms with Gasteiger partial charge in [-0.25, -0.2) is 0 Å². The molecule has 11 rings (SSSR count). The van der Waals surface area contributed by atoms with Gasteiger partial charge in [0.25, 0.3) is 0 Å². The van der Waals surface area contributed by atoms with Crippen LogP contribution >= 0.6 is 0 Å². The molecule has 3 heteroatoms. The number of aromatic nitrogens is 1. The van der Waals surface area contributed by atoms with Crippen molar-refractivity contribution >= 4 is 34.5 Å². The van der Waals surface area contributed by atoms with E-state index in [0.29, 0.717) is 6.71 Å². The lowest BCUT2D eigenvalue weighted by atomic mass is 9.27. The van der Waals surface area contributed by atoms with Gasteiger partial charge in [-0.05, 0) is 64.2 Å². The molecule has 1 spiro atoms. The van der Waals surface area contributed by atoms with E-state index in [1.54, 1.807) is 27.5 Å². The van der Waals surface area contributed by atoms with Crippen LogP contribution in [-0.4, -0.2) is 17.0 Å². The molecule has 0 amide bonds. The van der Waals surface area contributed by atoms with Gasteiger partial charge in [-0.3, -0.25) is 0 Å². The third-order valence-electron chi connectivity index (χ3n) is 10.3. The van der Waals surface area contributed by atoms with Gasteiger partial charge in [0.05, 0.1) is 17.5 Å². The second-order valence-electron chi connectivity index (χ2n) is 11.6. The zero-order chi connectivity index (χ0) is 23.6. The fourth-order valence-electron chi connectivity index (χ4n) is 9.20. The fourth-order valence-corrected chi connectivity index (χ4v) is 9.20. The highest BCUT2D eigenvalue weighted by molar-refractivity contribution is 6.98. The predicted octanol–water partition coefficient (Wildman–Crippen LogP) is 3.04. The average Bonchev–Trinajstić information content (AvgIpc) is 3.56. The van der Waals surface area contributed by atoms with E-state index in [2.05, 4.69) is 100 Å². The molecule has 0 saturated carbocycles. The third kappa shape index (κ3) is 1.67. The van der Waals surface area contributed by atoms with Crippen LogP contribution in [0.15, 0.2) is 91.1 Å². The van der Waals surface area contributed by atoms with Crippen molar-refractivity contribution in [2.75, 3.05) is 0 Å². The Morgan fingerprint density at radius 3 is 2.08 bits per heavy atom. The van der Waals surface area contributed by atoms with E-state index in [0.717, 1.165) is 19.3 Å². The molecule has 0 fully saturated rings. The predicted molar refractivity (Wildman–Crippen MR) is 146 cm³/mol. The summed E-state index contributed by atoms with van der Waals surface area (Å²) in [5.74, 6) is 0. The standard InChI is InChI=1S/C34H21BN2/c1-2-9-26-19(6-1)18-28-25-14-12-23-17-21-8-5-7-20-16-22-11-13-24-27-10-3-4-15-36(27)34(37(26)28)29(24)32(22)35(31(20)21)33(23)30(25)34/h1-15H,16-18H2/q+2. The van der Waals surface area contributed by atoms with E-state index >= 15 is 0 Å². The summed E-state index contributed by atoms with van der Waals surface area (Å²) >= 11 is 0. The normalized spacial score (nSPS) is 20.6. The Morgan fingerprint density at radius 1 is 0.568 bits per heavy atom. The molecule has 37 heavy (non-hydrogen) atoms. The Morgan fingerprint density at radius 2 is 1.24 bits per heavy atom. The molecule has 0 N–H and O–H groups in total. The Labute approximate surface area is 215 Å². The lowest BCUT2D eigenvalue weighted by Gasteiger charge is -2.40. The van der Waals surface area contributed by atoms with E-state index < -0.39 is 0 Å². The minimum Gasteiger partial charge on any atom is -0.126 e. The molecule has 0 aliphatic carbocycles. The number of hydrogen-bond donors (Lipinski definition) is 0. The van der Waals surface area contributed by atoms with E-state index in [1.165, 1.54) is 56.0 Å². The Hall–Kier alpha value is -4.24. The van der Waals surface area contributed by atoms with Crippen LogP contribution in [0, 0.1) is 0 Å². The van der Waals surface area contributed by atoms with Crippen molar-refractivity contribution in [2.45, 2.75) is 24.9 Å². The van der Waals surface area contributed by atoms with E-state index in [1.807, 2.05) is 0 Å². The van der Waals surface area contributed by atoms with Crippen molar-refractivity contribution < 1.29 is 9.14 Å². The first-order chi connectivity index (χ1) is 18.4. The quantitative estimate of drug-likeness (QED) is 0.239. The van der Waals surface area contributed by atoms with Crippen molar-refractivity contribution in [1.29, 1.82) is 0 Å². The highest BCUT2D eigenvalue weighted by Gasteiger charge is 2.74. The lowest BCUT2D eigenvalue weighted by Crippen LogP contribution is -2.73. The van der Waals surface area contributed by atoms with Gasteiger partial charge in [0.2, 0.25) is 23.8 Å². The first-order valence-electron chi connectivity index (χ1n) is 13.5. The Bertz CT molecular complexity index is 2020. The van der Waals surface area contributed by atoms with Crippen LogP contribution in [0.4, 0.5) is 5.69 Å². The van der Waals surface area contributed by atoms with Crippen LogP contribution in [0.5, 0.6) is 0 Å². The van der Waals surface area contributed by atoms with Gasteiger partial charge in [0, 0.05) is 23.8 Å². The molecule has 0 saturated heterocycles. The van der Waals surface area contributed by atoms with Gasteiger partial charge in [-0.1, -0.05) is 54.0 Å². The van der Waals surface area contributed by atoms with Gasteiger partial charge in [-0.15, -0.1) is 9.14 Å². The second-order valence-corrected chi connectivity index (χ2v) is 11.6. The van der Waals surface area contributed by atoms with Crippen LogP contribution in [0.1, 0.15) is 44.5 Å². The maximum absolute atomic E-state index is 2.75. The summed E-state index contributed by atoms with van der Waals surface area (Å²) in [5.41, 5.74) is 22.2. The van der Waals surface area contributed by atoms with E-state index in [9.17, 15) is 0 Å². The first-order valence-corrected chi connectivity index (χ1v) is 13.5. The maximum atomic E-state index is 2.75. The number of para-hydroxylation sites is 1. The molecule has 7 heterocycles. The summed E-state index contributed by atoms with van der Waals surface area (Å²) in [4.78, 5) is 0. The molecule has 1 unspecified atom stereocenters. The highest BCUT2D eigenvalue weighted by Crippen LogP contribution is 2.53. The van der Waals surface area contributed by atoms with Crippen LogP contribution in [-0.2, 0) is 24.9 Å². The molecule has 5 aromatic rings. The lowest BCUT2D eigenvalue weighted by molar-refractivity contribution is -0.873. The van der Waals surface area contributed by atoms with Crippen molar-refractivity contribution in [3.63, 3.8) is 0 Å². The van der Waals surface area contributed by atoms with Gasteiger partial charge >= 0.3 is 5.66 Å². The average molecular weight is 468 g/mol. The molecule has 168 valence electrons. The van der Waals surface area contributed by atoms with Gasteiger partial charge in [0.1, 0.15) is 11.1 Å². The van der Waals surface area contributed by atoms with Gasteiger partial charge < -0.3 is 0 Å². The zero-order valence-corrected chi connectivity index (χ0v) is 20.3. The molecule has 1 aromatic heterocycles. The number of nitrogens with zero attached hydrogens (tertiary/aromatic N) is 2. The van der Waals surface area contributed by atoms with Gasteiger partial charge in [0.15, 0.2) is 6.20 Å². The SMILES string of the molecule is c1ccc2c(c1)CC1=[N+]2C23c4c1ccc1c4B4c5c(cccc5Cc5ccc(c2c54)-c2cccc[n+]23)C1. The number of benzene rings is 4. The summed E-state index contributed by atoms with van der Waals surface area (Å²) in [7, 11) is 0. The minimum absolute atomic E-state index is 0.347. The topological polar surface area (TPSA) is 6.89 Å². The third-order valence-corrected chi connectivity index (χ3v) is 10.3. The van der Waals surface area contributed by atoms with Crippen molar-refractivity contribution in [2.24, 2.45) is 0 Å². The summed E-state index contributed by atoms with van der Waals surface area (Å²) < 4.78 is 5.37. The Kier molecular flexibility index (Phi) is 2.70. The molecular formula is C34H21BN2+2. The van der Waals surface area contributed by atoms with E-state index in [4.69, 9.17) is 0 Å². The molecule has 4 aromatic carbocycles. The van der Waals surface area contributed by atoms with Crippen LogP contribution < -0.4 is 21.0 Å². The fraction of sp³-hybridized carbons (Fsp3) is 0.118. The molecule has 1 atom stereocenters. The first kappa shape index (κ1) is 18.1. The molecule has 0 bridgehead atoms. The highest BCUT2D eigenvalue weighted by atomic mass is 15.3. The van der Waals surface area contributed by atoms with Crippen LogP contribution in [0.3, 0.4) is 0 Å². The van der Waals surface area contributed by atoms with Crippen molar-refractivity contribution in [1.82, 2.24) is 0 Å². The summed E-state index contributed by atoms with van der Waals surface area (Å²) in [6.07, 6.45) is 5.43. The van der Waals surface area contributed by atoms with E-state index in [-0.39, 0.29) is 5.66 Å². The summed E-state index contributed by atoms with van der Waals surface area (Å²) in [5, 5.41) is 0. The van der Waals surface area contributed by atoms with Crippen molar-refractivity contribution in [3.05, 3.63) is 136 Å². The molecule has 0 radical (unpaired) electrons. The zero-order valence-electron chi connectivity index (χ0n) is 20.3. The molecule has 6 aliphatic rings. The number of hydrogen-bond acceptors (Lipinski definition) is 0. The summed E-state index contributed by atoms with van der Waals surface area (Å²) in [6, 6.07) is 32.7. The number of pyridine rings is 1. The Balaban J connectivity index is 1.41. The second kappa shape index (κ2) is 5.53. The van der Waals surface area contributed by atoms with Crippen LogP contribution in [0.25, 0.3) is 11.3 Å². The smallest absolute Gasteiger partial charge is 0.126 e.